The van der Waals surface area contributed by atoms with Crippen LogP contribution in [0.1, 0.15) is 81.8 Å². The van der Waals surface area contributed by atoms with E-state index in [1.807, 2.05) is 0 Å². The second kappa shape index (κ2) is 14.6. The number of hydrogen-bond donors (Lipinski definition) is 0. The number of fused-ring (bicyclic) bond motifs is 1. The molecule has 0 N–H and O–H groups in total. The highest BCUT2D eigenvalue weighted by Gasteiger charge is 2.57. The van der Waals surface area contributed by atoms with Crippen molar-refractivity contribution in [2.24, 2.45) is 11.3 Å². The molecule has 6 heteroatoms. The van der Waals surface area contributed by atoms with Crippen molar-refractivity contribution in [3.8, 4) is 0 Å². The molecule has 5 nitrogen and oxygen atoms in total. The fourth-order valence-electron chi connectivity index (χ4n) is 6.98. The molecule has 0 spiro atoms. The average molecular weight is 567 g/mol. The zero-order valence-electron chi connectivity index (χ0n) is 24.3. The van der Waals surface area contributed by atoms with Gasteiger partial charge in [0.25, 0.3) is 10.1 Å². The molecule has 2 aromatic rings. The van der Waals surface area contributed by atoms with E-state index in [-0.39, 0.29) is 11.5 Å². The average Bonchev–Trinajstić information content (AvgIpc) is 3.47. The van der Waals surface area contributed by atoms with Gasteiger partial charge in [-0.25, -0.2) is 0 Å². The van der Waals surface area contributed by atoms with E-state index in [1.165, 1.54) is 48.0 Å². The monoisotopic (exact) mass is 566 g/mol. The molecular formula is C34H46O5S. The van der Waals surface area contributed by atoms with Crippen LogP contribution in [-0.2, 0) is 23.8 Å². The maximum atomic E-state index is 11.1. The minimum Gasteiger partial charge on any atom is -0.359 e. The van der Waals surface area contributed by atoms with Gasteiger partial charge < -0.3 is 9.47 Å². The predicted octanol–water partition coefficient (Wildman–Crippen LogP) is 8.04. The van der Waals surface area contributed by atoms with Gasteiger partial charge in [-0.05, 0) is 60.8 Å². The molecule has 2 aromatic carbocycles. The molecule has 0 heterocycles. The first kappa shape index (κ1) is 30.7. The van der Waals surface area contributed by atoms with Crippen molar-refractivity contribution in [2.75, 3.05) is 26.8 Å². The molecule has 0 radical (unpaired) electrons. The van der Waals surface area contributed by atoms with E-state index in [1.54, 1.807) is 12.7 Å². The molecule has 218 valence electrons. The number of benzene rings is 2. The Hall–Kier alpha value is -2.25. The molecule has 4 rings (SSSR count). The summed E-state index contributed by atoms with van der Waals surface area (Å²) in [5.41, 5.74) is 6.68. The van der Waals surface area contributed by atoms with E-state index >= 15 is 0 Å². The lowest BCUT2D eigenvalue weighted by molar-refractivity contribution is -0.0858. The van der Waals surface area contributed by atoms with Crippen molar-refractivity contribution in [2.45, 2.75) is 76.7 Å². The van der Waals surface area contributed by atoms with Crippen molar-refractivity contribution in [3.63, 3.8) is 0 Å². The number of rotatable bonds is 17. The van der Waals surface area contributed by atoms with E-state index in [0.717, 1.165) is 51.2 Å². The minimum absolute atomic E-state index is 0.134. The Kier molecular flexibility index (Phi) is 11.2. The molecule has 0 aliphatic heterocycles. The summed E-state index contributed by atoms with van der Waals surface area (Å²) in [4.78, 5) is 0. The molecular weight excluding hydrogens is 520 g/mol. The number of unbranched alkanes of at least 4 members (excludes halogenated alkanes) is 6. The van der Waals surface area contributed by atoms with Crippen LogP contribution in [0.25, 0.3) is 11.1 Å². The Morgan fingerprint density at radius 1 is 0.925 bits per heavy atom. The summed E-state index contributed by atoms with van der Waals surface area (Å²) in [6, 6.07) is 21.6. The van der Waals surface area contributed by atoms with Crippen LogP contribution in [-0.4, -0.2) is 41.3 Å². The van der Waals surface area contributed by atoms with Crippen LogP contribution in [0.5, 0.6) is 0 Å². The zero-order valence-corrected chi connectivity index (χ0v) is 25.1. The molecule has 1 fully saturated rings. The van der Waals surface area contributed by atoms with Crippen LogP contribution in [0.2, 0.25) is 0 Å². The summed E-state index contributed by atoms with van der Waals surface area (Å²) < 4.78 is 38.6. The summed E-state index contributed by atoms with van der Waals surface area (Å²) in [5, 5.41) is 0. The first-order chi connectivity index (χ1) is 19.4. The first-order valence-corrected chi connectivity index (χ1v) is 16.7. The second-order valence-corrected chi connectivity index (χ2v) is 13.0. The third-order valence-corrected chi connectivity index (χ3v) is 9.31. The molecule has 1 saturated carbocycles. The quantitative estimate of drug-likeness (QED) is 0.110. The standard InChI is InChI=1S/C34H46O5S/c1-27(28-17-12-9-13-18-28)34-23-22-32(38-26-37-2)31(34)25-30(33(34)29-19-14-10-15-20-29)21-11-7-5-4-6-8-16-24-39-40(3,35)36/h9-10,12-15,17-20,31-32H,1,4-8,11,16,21-26H2,2-3H3. The van der Waals surface area contributed by atoms with Gasteiger partial charge >= 0.3 is 0 Å². The van der Waals surface area contributed by atoms with Crippen molar-refractivity contribution in [1.29, 1.82) is 0 Å². The van der Waals surface area contributed by atoms with E-state index in [2.05, 4.69) is 60.7 Å². The largest absolute Gasteiger partial charge is 0.359 e. The topological polar surface area (TPSA) is 61.8 Å². The van der Waals surface area contributed by atoms with Crippen LogP contribution in [0, 0.1) is 11.3 Å². The van der Waals surface area contributed by atoms with Crippen molar-refractivity contribution >= 4 is 21.3 Å². The Balaban J connectivity index is 1.47. The Morgan fingerprint density at radius 2 is 1.55 bits per heavy atom. The SMILES string of the molecule is C=C(c1ccccc1)C12CCC(OCOC)C1CC(CCCCCCCCCOS(C)(=O)=O)=C2c1ccccc1. The smallest absolute Gasteiger partial charge is 0.264 e. The summed E-state index contributed by atoms with van der Waals surface area (Å²) >= 11 is 0. The number of hydrogen-bond acceptors (Lipinski definition) is 5. The summed E-state index contributed by atoms with van der Waals surface area (Å²) in [5.74, 6) is 0.356. The van der Waals surface area contributed by atoms with Gasteiger partial charge in [0.05, 0.1) is 19.0 Å². The van der Waals surface area contributed by atoms with Gasteiger partial charge in [0, 0.05) is 18.4 Å². The first-order valence-electron chi connectivity index (χ1n) is 14.8. The molecule has 0 amide bonds. The molecule has 2 aliphatic carbocycles. The molecule has 0 bridgehead atoms. The molecule has 0 aromatic heterocycles. The zero-order chi connectivity index (χ0) is 28.4. The van der Waals surface area contributed by atoms with Crippen molar-refractivity contribution in [1.82, 2.24) is 0 Å². The predicted molar refractivity (Wildman–Crippen MR) is 163 cm³/mol. The number of ether oxygens (including phenoxy) is 2. The third kappa shape index (κ3) is 7.52. The molecule has 3 atom stereocenters. The Labute approximate surface area is 241 Å². The van der Waals surface area contributed by atoms with Crippen molar-refractivity contribution in [3.05, 3.63) is 83.9 Å². The second-order valence-electron chi connectivity index (χ2n) is 11.4. The minimum atomic E-state index is -3.33. The fraction of sp³-hybridized carbons (Fsp3) is 0.529. The lowest BCUT2D eigenvalue weighted by Crippen LogP contribution is -2.30. The van der Waals surface area contributed by atoms with Crippen LogP contribution < -0.4 is 0 Å². The van der Waals surface area contributed by atoms with Gasteiger partial charge in [0.1, 0.15) is 6.79 Å². The normalized spacial score (nSPS) is 22.6. The van der Waals surface area contributed by atoms with Gasteiger partial charge in [-0.3, -0.25) is 4.18 Å². The van der Waals surface area contributed by atoms with Gasteiger partial charge in [-0.1, -0.05) is 105 Å². The van der Waals surface area contributed by atoms with E-state index < -0.39 is 10.1 Å². The highest BCUT2D eigenvalue weighted by molar-refractivity contribution is 7.85. The summed E-state index contributed by atoms with van der Waals surface area (Å²) in [6.45, 7) is 5.38. The lowest BCUT2D eigenvalue weighted by Gasteiger charge is -2.37. The molecule has 3 unspecified atom stereocenters. The van der Waals surface area contributed by atoms with Gasteiger partial charge in [0.2, 0.25) is 0 Å². The number of methoxy groups -OCH3 is 1. The van der Waals surface area contributed by atoms with Crippen LogP contribution in [0.3, 0.4) is 0 Å². The van der Waals surface area contributed by atoms with Gasteiger partial charge in [-0.2, -0.15) is 8.42 Å². The van der Waals surface area contributed by atoms with E-state index in [9.17, 15) is 8.42 Å². The van der Waals surface area contributed by atoms with Gasteiger partial charge in [0.15, 0.2) is 0 Å². The number of allylic oxidation sites excluding steroid dienone is 3. The van der Waals surface area contributed by atoms with E-state index in [0.29, 0.717) is 19.3 Å². The maximum Gasteiger partial charge on any atom is 0.264 e. The van der Waals surface area contributed by atoms with Crippen LogP contribution in [0.4, 0.5) is 0 Å². The van der Waals surface area contributed by atoms with E-state index in [4.69, 9.17) is 20.2 Å². The lowest BCUT2D eigenvalue weighted by atomic mass is 9.66. The highest BCUT2D eigenvalue weighted by Crippen LogP contribution is 2.66. The summed E-state index contributed by atoms with van der Waals surface area (Å²) in [6.07, 6.45) is 13.1. The Bertz CT molecular complexity index is 1220. The summed E-state index contributed by atoms with van der Waals surface area (Å²) in [7, 11) is -1.63. The fourth-order valence-corrected chi connectivity index (χ4v) is 7.40. The molecule has 40 heavy (non-hydrogen) atoms. The molecule has 2 aliphatic rings. The highest BCUT2D eigenvalue weighted by atomic mass is 32.2. The van der Waals surface area contributed by atoms with Crippen LogP contribution >= 0.6 is 0 Å². The Morgan fingerprint density at radius 3 is 2.20 bits per heavy atom. The molecule has 0 saturated heterocycles. The van der Waals surface area contributed by atoms with Crippen molar-refractivity contribution < 1.29 is 22.1 Å². The van der Waals surface area contributed by atoms with Crippen LogP contribution in [0.15, 0.2) is 72.8 Å². The third-order valence-electron chi connectivity index (χ3n) is 8.71. The maximum absolute atomic E-state index is 11.1. The van der Waals surface area contributed by atoms with Gasteiger partial charge in [-0.15, -0.1) is 0 Å².